The number of H-pyrrole nitrogens is 1. The van der Waals surface area contributed by atoms with Gasteiger partial charge in [0.15, 0.2) is 0 Å². The molecule has 0 spiro atoms. The number of hydrogen-bond acceptors (Lipinski definition) is 5. The monoisotopic (exact) mass is 469 g/mol. The third kappa shape index (κ3) is 4.64. The second kappa shape index (κ2) is 9.29. The number of rotatable bonds is 8. The number of carbonyl (C=O) groups excluding carboxylic acids is 1. The minimum absolute atomic E-state index is 0.0436. The molecule has 1 aromatic heterocycles. The molecule has 0 saturated heterocycles. The van der Waals surface area contributed by atoms with Crippen LogP contribution in [0.25, 0.3) is 33.3 Å². The van der Waals surface area contributed by atoms with E-state index < -0.39 is 12.0 Å². The van der Waals surface area contributed by atoms with Crippen LogP contribution >= 0.6 is 0 Å². The van der Waals surface area contributed by atoms with Crippen molar-refractivity contribution in [3.8, 4) is 22.5 Å². The van der Waals surface area contributed by atoms with Gasteiger partial charge in [-0.15, -0.1) is 10.2 Å². The largest absolute Gasteiger partial charge is 0.480 e. The smallest absolute Gasteiger partial charge is 0.326 e. The zero-order valence-electron chi connectivity index (χ0n) is 19.7. The van der Waals surface area contributed by atoms with Gasteiger partial charge < -0.3 is 10.0 Å². The van der Waals surface area contributed by atoms with Gasteiger partial charge in [-0.25, -0.2) is 4.79 Å². The van der Waals surface area contributed by atoms with Crippen molar-refractivity contribution in [3.63, 3.8) is 0 Å². The summed E-state index contributed by atoms with van der Waals surface area (Å²) in [6.07, 6.45) is 1.68. The lowest BCUT2D eigenvalue weighted by molar-refractivity contribution is -0.153. The molecule has 1 atom stereocenters. The van der Waals surface area contributed by atoms with Gasteiger partial charge in [-0.05, 0) is 63.6 Å². The maximum Gasteiger partial charge on any atom is 0.326 e. The third-order valence-electron chi connectivity index (χ3n) is 6.51. The van der Waals surface area contributed by atoms with Crippen molar-refractivity contribution in [2.45, 2.75) is 39.3 Å². The van der Waals surface area contributed by atoms with E-state index in [0.717, 1.165) is 45.9 Å². The molecule has 1 amide bonds. The number of carbonyl (C=O) groups is 2. The van der Waals surface area contributed by atoms with Gasteiger partial charge in [-0.2, -0.15) is 5.21 Å². The number of hydrogen-bond donors (Lipinski definition) is 2. The predicted octanol–water partition coefficient (Wildman–Crippen LogP) is 4.53. The standard InChI is InChI=1S/C27H27N5O3/c1-16(2)24(27(34)35)32(26(33)18-9-10-18)15-17-7-8-20-14-21(12-11-19(20)13-17)22-5-3-4-6-23(22)25-28-30-31-29-25/h3-8,11-14,16,18,24H,9-10,15H2,1-2H3,(H,34,35)(H,28,29,30,31)/t24-/m0/s1. The predicted molar refractivity (Wildman–Crippen MR) is 132 cm³/mol. The fraction of sp³-hybridized carbons (Fsp3) is 0.296. The molecule has 0 aliphatic heterocycles. The van der Waals surface area contributed by atoms with Crippen molar-refractivity contribution in [1.29, 1.82) is 0 Å². The first-order valence-electron chi connectivity index (χ1n) is 11.8. The Bertz CT molecular complexity index is 1380. The van der Waals surface area contributed by atoms with E-state index in [9.17, 15) is 14.7 Å². The van der Waals surface area contributed by atoms with Crippen LogP contribution in [-0.4, -0.2) is 48.5 Å². The highest BCUT2D eigenvalue weighted by Gasteiger charge is 2.39. The summed E-state index contributed by atoms with van der Waals surface area (Å²) in [5.41, 5.74) is 3.84. The fourth-order valence-electron chi connectivity index (χ4n) is 4.62. The molecule has 2 N–H and O–H groups in total. The highest BCUT2D eigenvalue weighted by atomic mass is 16.4. The Kier molecular flexibility index (Phi) is 6.03. The molecule has 0 bridgehead atoms. The van der Waals surface area contributed by atoms with Crippen LogP contribution in [0.2, 0.25) is 0 Å². The number of carboxylic acid groups (broad SMARTS) is 1. The van der Waals surface area contributed by atoms with E-state index in [1.54, 1.807) is 4.90 Å². The summed E-state index contributed by atoms with van der Waals surface area (Å²) >= 11 is 0. The van der Waals surface area contributed by atoms with E-state index in [1.807, 2.05) is 68.4 Å². The molecule has 1 saturated carbocycles. The average Bonchev–Trinajstić information content (AvgIpc) is 3.56. The van der Waals surface area contributed by atoms with Crippen LogP contribution in [0, 0.1) is 11.8 Å². The van der Waals surface area contributed by atoms with Gasteiger partial charge in [0.1, 0.15) is 6.04 Å². The number of benzene rings is 3. The Morgan fingerprint density at radius 3 is 2.40 bits per heavy atom. The van der Waals surface area contributed by atoms with E-state index in [-0.39, 0.29) is 24.3 Å². The lowest BCUT2D eigenvalue weighted by atomic mass is 9.96. The van der Waals surface area contributed by atoms with Crippen LogP contribution in [0.1, 0.15) is 32.3 Å². The number of aliphatic carboxylic acids is 1. The zero-order valence-corrected chi connectivity index (χ0v) is 19.7. The SMILES string of the molecule is CC(C)[C@@H](C(=O)O)N(Cc1ccc2cc(-c3ccccc3-c3nn[nH]n3)ccc2c1)C(=O)C1CC1. The van der Waals surface area contributed by atoms with E-state index >= 15 is 0 Å². The number of carboxylic acids is 1. The molecule has 1 aliphatic rings. The number of nitrogens with one attached hydrogen (secondary N) is 1. The fourth-order valence-corrected chi connectivity index (χ4v) is 4.62. The summed E-state index contributed by atoms with van der Waals surface area (Å²) < 4.78 is 0. The minimum Gasteiger partial charge on any atom is -0.480 e. The summed E-state index contributed by atoms with van der Waals surface area (Å²) in [5.74, 6) is -0.704. The Morgan fingerprint density at radius 2 is 1.74 bits per heavy atom. The highest BCUT2D eigenvalue weighted by Crippen LogP contribution is 2.34. The Morgan fingerprint density at radius 1 is 1.03 bits per heavy atom. The van der Waals surface area contributed by atoms with Gasteiger partial charge in [0.25, 0.3) is 0 Å². The van der Waals surface area contributed by atoms with Crippen molar-refractivity contribution in [2.75, 3.05) is 0 Å². The molecule has 3 aromatic carbocycles. The lowest BCUT2D eigenvalue weighted by Crippen LogP contribution is -2.48. The summed E-state index contributed by atoms with van der Waals surface area (Å²) in [5, 5.41) is 26.3. The van der Waals surface area contributed by atoms with Crippen molar-refractivity contribution >= 4 is 22.6 Å². The van der Waals surface area contributed by atoms with Gasteiger partial charge in [0.05, 0.1) is 0 Å². The molecule has 35 heavy (non-hydrogen) atoms. The van der Waals surface area contributed by atoms with Crippen LogP contribution in [-0.2, 0) is 16.1 Å². The van der Waals surface area contributed by atoms with Crippen LogP contribution in [0.5, 0.6) is 0 Å². The molecule has 1 fully saturated rings. The molecule has 8 heteroatoms. The molecule has 1 heterocycles. The molecule has 8 nitrogen and oxygen atoms in total. The molecule has 0 radical (unpaired) electrons. The first-order chi connectivity index (χ1) is 16.9. The molecule has 1 aliphatic carbocycles. The van der Waals surface area contributed by atoms with Crippen LogP contribution in [0.15, 0.2) is 60.7 Å². The summed E-state index contributed by atoms with van der Waals surface area (Å²) in [6.45, 7) is 3.98. The number of fused-ring (bicyclic) bond motifs is 1. The van der Waals surface area contributed by atoms with E-state index in [1.165, 1.54) is 0 Å². The topological polar surface area (TPSA) is 112 Å². The molecule has 4 aromatic rings. The summed E-state index contributed by atoms with van der Waals surface area (Å²) in [6, 6.07) is 19.3. The first kappa shape index (κ1) is 22.7. The van der Waals surface area contributed by atoms with Crippen LogP contribution < -0.4 is 0 Å². The first-order valence-corrected chi connectivity index (χ1v) is 11.8. The number of nitrogens with zero attached hydrogens (tertiary/aromatic N) is 4. The second-order valence-electron chi connectivity index (χ2n) is 9.44. The molecular formula is C27H27N5O3. The van der Waals surface area contributed by atoms with Crippen molar-refractivity contribution in [2.24, 2.45) is 11.8 Å². The Balaban J connectivity index is 1.46. The summed E-state index contributed by atoms with van der Waals surface area (Å²) in [4.78, 5) is 26.6. The minimum atomic E-state index is -0.959. The van der Waals surface area contributed by atoms with Crippen molar-refractivity contribution < 1.29 is 14.7 Å². The number of aromatic amines is 1. The lowest BCUT2D eigenvalue weighted by Gasteiger charge is -2.32. The van der Waals surface area contributed by atoms with E-state index in [0.29, 0.717) is 5.82 Å². The van der Waals surface area contributed by atoms with Gasteiger partial charge in [-0.1, -0.05) is 62.4 Å². The van der Waals surface area contributed by atoms with E-state index in [4.69, 9.17) is 0 Å². The number of aromatic nitrogens is 4. The Labute approximate surface area is 203 Å². The highest BCUT2D eigenvalue weighted by molar-refractivity contribution is 5.91. The van der Waals surface area contributed by atoms with Crippen molar-refractivity contribution in [3.05, 3.63) is 66.2 Å². The summed E-state index contributed by atoms with van der Waals surface area (Å²) in [7, 11) is 0. The van der Waals surface area contributed by atoms with Gasteiger partial charge in [0.2, 0.25) is 11.7 Å². The maximum atomic E-state index is 13.0. The molecule has 178 valence electrons. The van der Waals surface area contributed by atoms with Crippen LogP contribution in [0.4, 0.5) is 0 Å². The normalized spacial score (nSPS) is 14.3. The van der Waals surface area contributed by atoms with Gasteiger partial charge >= 0.3 is 5.97 Å². The Hall–Kier alpha value is -4.07. The quantitative estimate of drug-likeness (QED) is 0.392. The van der Waals surface area contributed by atoms with Gasteiger partial charge in [-0.3, -0.25) is 4.79 Å². The van der Waals surface area contributed by atoms with Crippen molar-refractivity contribution in [1.82, 2.24) is 25.5 Å². The third-order valence-corrected chi connectivity index (χ3v) is 6.51. The van der Waals surface area contributed by atoms with Crippen LogP contribution in [0.3, 0.4) is 0 Å². The maximum absolute atomic E-state index is 13.0. The second-order valence-corrected chi connectivity index (χ2v) is 9.44. The van der Waals surface area contributed by atoms with Gasteiger partial charge in [0, 0.05) is 18.0 Å². The van der Waals surface area contributed by atoms with E-state index in [2.05, 4.69) is 26.7 Å². The molecular weight excluding hydrogens is 442 g/mol. The number of amides is 1. The number of tetrazole rings is 1. The molecule has 5 rings (SSSR count). The zero-order chi connectivity index (χ0) is 24.5. The average molecular weight is 470 g/mol. The molecule has 0 unspecified atom stereocenters.